The van der Waals surface area contributed by atoms with Gasteiger partial charge in [0.05, 0.1) is 24.4 Å². The summed E-state index contributed by atoms with van der Waals surface area (Å²) in [4.78, 5) is 14.5. The van der Waals surface area contributed by atoms with E-state index in [1.54, 1.807) is 22.0 Å². The normalized spacial score (nSPS) is 18.3. The van der Waals surface area contributed by atoms with Gasteiger partial charge in [0, 0.05) is 46.9 Å². The summed E-state index contributed by atoms with van der Waals surface area (Å²) in [6.45, 7) is 3.34. The minimum Gasteiger partial charge on any atom is -0.477 e. The molecule has 7 nitrogen and oxygen atoms in total. The summed E-state index contributed by atoms with van der Waals surface area (Å²) < 4.78 is 7.81. The third-order valence-electron chi connectivity index (χ3n) is 4.88. The maximum Gasteiger partial charge on any atom is 0.219 e. The van der Waals surface area contributed by atoms with Crippen LogP contribution in [0.4, 0.5) is 5.82 Å². The molecule has 1 N–H and O–H groups in total. The van der Waals surface area contributed by atoms with Gasteiger partial charge in [0.2, 0.25) is 5.88 Å². The average Bonchev–Trinajstić information content (AvgIpc) is 3.11. The van der Waals surface area contributed by atoms with E-state index in [0.29, 0.717) is 30.9 Å². The molecule has 0 saturated heterocycles. The highest BCUT2D eigenvalue weighted by atomic mass is 32.1. The highest BCUT2D eigenvalue weighted by Gasteiger charge is 2.39. The van der Waals surface area contributed by atoms with E-state index >= 15 is 0 Å². The van der Waals surface area contributed by atoms with Crippen molar-refractivity contribution >= 4 is 22.8 Å². The van der Waals surface area contributed by atoms with Crippen molar-refractivity contribution in [1.82, 2.24) is 24.6 Å². The molecule has 2 unspecified atom stereocenters. The number of fused-ring (bicyclic) bond motifs is 1. The van der Waals surface area contributed by atoms with Crippen molar-refractivity contribution in [3.05, 3.63) is 64.5 Å². The first-order chi connectivity index (χ1) is 13.8. The minimum atomic E-state index is 0.493. The number of nitrogens with zero attached hydrogens (tertiary/aromatic N) is 5. The zero-order valence-electron chi connectivity index (χ0n) is 15.4. The Morgan fingerprint density at radius 1 is 1.25 bits per heavy atom. The Bertz CT molecular complexity index is 1090. The molecule has 8 heteroatoms. The number of ether oxygens (including phenoxy) is 1. The molecule has 0 bridgehead atoms. The van der Waals surface area contributed by atoms with Gasteiger partial charge in [0.1, 0.15) is 5.82 Å². The number of anilines is 1. The molecule has 142 valence electrons. The SMILES string of the molecule is Cc1ncc(CNc2cc(OCC3CC3c3ccccn3)nc3ccnn23)s1. The molecule has 0 spiro atoms. The van der Waals surface area contributed by atoms with Crippen LogP contribution in [-0.2, 0) is 6.54 Å². The van der Waals surface area contributed by atoms with Crippen LogP contribution in [0.3, 0.4) is 0 Å². The van der Waals surface area contributed by atoms with Crippen molar-refractivity contribution in [2.24, 2.45) is 5.92 Å². The fourth-order valence-electron chi connectivity index (χ4n) is 3.34. The molecule has 28 heavy (non-hydrogen) atoms. The van der Waals surface area contributed by atoms with Gasteiger partial charge in [-0.1, -0.05) is 6.07 Å². The first-order valence-corrected chi connectivity index (χ1v) is 10.1. The van der Waals surface area contributed by atoms with Crippen molar-refractivity contribution in [2.75, 3.05) is 11.9 Å². The molecule has 1 aliphatic rings. The van der Waals surface area contributed by atoms with Gasteiger partial charge >= 0.3 is 0 Å². The highest BCUT2D eigenvalue weighted by molar-refractivity contribution is 7.11. The Hall–Kier alpha value is -3.00. The van der Waals surface area contributed by atoms with Crippen molar-refractivity contribution in [1.29, 1.82) is 0 Å². The molecule has 0 aliphatic heterocycles. The number of hydrogen-bond acceptors (Lipinski definition) is 7. The van der Waals surface area contributed by atoms with Crippen LogP contribution in [0, 0.1) is 12.8 Å². The molecule has 0 amide bonds. The molecule has 5 rings (SSSR count). The summed E-state index contributed by atoms with van der Waals surface area (Å²) in [5.74, 6) is 2.46. The van der Waals surface area contributed by atoms with Crippen LogP contribution in [0.1, 0.15) is 27.9 Å². The van der Waals surface area contributed by atoms with Crippen LogP contribution in [0.2, 0.25) is 0 Å². The van der Waals surface area contributed by atoms with Crippen molar-refractivity contribution in [3.63, 3.8) is 0 Å². The van der Waals surface area contributed by atoms with Crippen molar-refractivity contribution < 1.29 is 4.74 Å². The monoisotopic (exact) mass is 392 g/mol. The smallest absolute Gasteiger partial charge is 0.219 e. The third kappa shape index (κ3) is 3.55. The van der Waals surface area contributed by atoms with E-state index < -0.39 is 0 Å². The number of thiazole rings is 1. The molecular weight excluding hydrogens is 372 g/mol. The second-order valence-electron chi connectivity index (χ2n) is 6.95. The summed E-state index contributed by atoms with van der Waals surface area (Å²) in [5, 5.41) is 8.84. The summed E-state index contributed by atoms with van der Waals surface area (Å²) in [7, 11) is 0. The van der Waals surface area contributed by atoms with Crippen LogP contribution in [-0.4, -0.2) is 31.2 Å². The zero-order valence-corrected chi connectivity index (χ0v) is 16.3. The first kappa shape index (κ1) is 17.1. The average molecular weight is 392 g/mol. The van der Waals surface area contributed by atoms with Crippen LogP contribution < -0.4 is 10.1 Å². The Labute approximate surface area is 166 Å². The molecule has 0 radical (unpaired) electrons. The van der Waals surface area contributed by atoms with Gasteiger partial charge in [-0.15, -0.1) is 11.3 Å². The Balaban J connectivity index is 1.27. The lowest BCUT2D eigenvalue weighted by atomic mass is 10.2. The van der Waals surface area contributed by atoms with Gasteiger partial charge in [0.25, 0.3) is 0 Å². The third-order valence-corrected chi connectivity index (χ3v) is 5.80. The minimum absolute atomic E-state index is 0.493. The lowest BCUT2D eigenvalue weighted by Crippen LogP contribution is -2.08. The van der Waals surface area contributed by atoms with Gasteiger partial charge in [-0.3, -0.25) is 4.98 Å². The predicted octanol–water partition coefficient (Wildman–Crippen LogP) is 3.68. The first-order valence-electron chi connectivity index (χ1n) is 9.30. The number of hydrogen-bond donors (Lipinski definition) is 1. The van der Waals surface area contributed by atoms with Crippen LogP contribution >= 0.6 is 11.3 Å². The van der Waals surface area contributed by atoms with Crippen LogP contribution in [0.5, 0.6) is 5.88 Å². The summed E-state index contributed by atoms with van der Waals surface area (Å²) in [5.41, 5.74) is 1.91. The van der Waals surface area contributed by atoms with E-state index in [4.69, 9.17) is 4.74 Å². The lowest BCUT2D eigenvalue weighted by molar-refractivity contribution is 0.286. The molecule has 4 aromatic heterocycles. The summed E-state index contributed by atoms with van der Waals surface area (Å²) >= 11 is 1.68. The summed E-state index contributed by atoms with van der Waals surface area (Å²) in [6, 6.07) is 9.86. The van der Waals surface area contributed by atoms with Gasteiger partial charge in [-0.2, -0.15) is 14.6 Å². The predicted molar refractivity (Wildman–Crippen MR) is 108 cm³/mol. The van der Waals surface area contributed by atoms with Gasteiger partial charge in [-0.25, -0.2) is 4.98 Å². The fraction of sp³-hybridized carbons (Fsp3) is 0.300. The topological polar surface area (TPSA) is 77.2 Å². The zero-order chi connectivity index (χ0) is 18.9. The standard InChI is InChI=1S/C20H20N6OS/c1-13-22-10-15(28-13)11-23-19-9-20(25-18-5-7-24-26(18)19)27-12-14-8-16(14)17-4-2-3-6-21-17/h2-7,9-10,14,16,23H,8,11-12H2,1H3. The van der Waals surface area contributed by atoms with E-state index in [2.05, 4.69) is 31.4 Å². The molecule has 0 aromatic carbocycles. The van der Waals surface area contributed by atoms with Gasteiger partial charge < -0.3 is 10.1 Å². The van der Waals surface area contributed by atoms with E-state index in [1.165, 1.54) is 4.88 Å². The largest absolute Gasteiger partial charge is 0.477 e. The number of nitrogens with one attached hydrogen (secondary N) is 1. The molecular formula is C20H20N6OS. The molecule has 1 aliphatic carbocycles. The van der Waals surface area contributed by atoms with Crippen LogP contribution in [0.15, 0.2) is 48.9 Å². The molecule has 1 fully saturated rings. The fourth-order valence-corrected chi connectivity index (χ4v) is 4.07. The molecule has 1 saturated carbocycles. The van der Waals surface area contributed by atoms with Crippen molar-refractivity contribution in [2.45, 2.75) is 25.8 Å². The van der Waals surface area contributed by atoms with E-state index in [-0.39, 0.29) is 0 Å². The Kier molecular flexibility index (Phi) is 4.40. The van der Waals surface area contributed by atoms with E-state index in [1.807, 2.05) is 43.6 Å². The quantitative estimate of drug-likeness (QED) is 0.517. The highest BCUT2D eigenvalue weighted by Crippen LogP contribution is 2.46. The molecule has 2 atom stereocenters. The number of rotatable bonds is 7. The lowest BCUT2D eigenvalue weighted by Gasteiger charge is -2.10. The molecule has 4 aromatic rings. The van der Waals surface area contributed by atoms with Crippen molar-refractivity contribution in [3.8, 4) is 5.88 Å². The van der Waals surface area contributed by atoms with Crippen LogP contribution in [0.25, 0.3) is 5.65 Å². The maximum atomic E-state index is 6.03. The Morgan fingerprint density at radius 3 is 3.04 bits per heavy atom. The Morgan fingerprint density at radius 2 is 2.21 bits per heavy atom. The second-order valence-corrected chi connectivity index (χ2v) is 8.27. The molecule has 4 heterocycles. The second kappa shape index (κ2) is 7.20. The summed E-state index contributed by atoms with van der Waals surface area (Å²) in [6.07, 6.45) is 6.61. The van der Waals surface area contributed by atoms with E-state index in [9.17, 15) is 0 Å². The van der Waals surface area contributed by atoms with E-state index in [0.717, 1.165) is 28.6 Å². The number of pyridine rings is 1. The van der Waals surface area contributed by atoms with Gasteiger partial charge in [-0.05, 0) is 25.5 Å². The van der Waals surface area contributed by atoms with Gasteiger partial charge in [0.15, 0.2) is 5.65 Å². The maximum absolute atomic E-state index is 6.03. The number of aromatic nitrogens is 5. The number of aryl methyl sites for hydroxylation is 1.